The normalized spacial score (nSPS) is 12.7. The fraction of sp³-hybridized carbons (Fsp3) is 0.292. The number of hydrogen-bond acceptors (Lipinski definition) is 5. The van der Waals surface area contributed by atoms with E-state index in [2.05, 4.69) is 10.4 Å². The molecule has 0 aliphatic rings. The number of ether oxygens (including phenoxy) is 1. The van der Waals surface area contributed by atoms with Crippen molar-refractivity contribution >= 4 is 23.5 Å². The second-order valence-corrected chi connectivity index (χ2v) is 8.05. The molecule has 3 rings (SSSR count). The summed E-state index contributed by atoms with van der Waals surface area (Å²) in [5, 5.41) is 16.7. The number of halogens is 1. The van der Waals surface area contributed by atoms with Crippen LogP contribution in [0.5, 0.6) is 0 Å². The number of benzene rings is 2. The first-order valence-corrected chi connectivity index (χ1v) is 11.0. The van der Waals surface area contributed by atoms with Gasteiger partial charge in [-0.15, -0.1) is 0 Å². The molecule has 0 bridgehead atoms. The first-order chi connectivity index (χ1) is 15.8. The van der Waals surface area contributed by atoms with Crippen LogP contribution < -0.4 is 10.9 Å². The quantitative estimate of drug-likeness (QED) is 0.415. The third-order valence-electron chi connectivity index (χ3n) is 5.02. The van der Waals surface area contributed by atoms with Crippen LogP contribution in [0.3, 0.4) is 0 Å². The average Bonchev–Trinajstić information content (AvgIpc) is 3.15. The number of nitrogens with one attached hydrogen (secondary N) is 2. The molecular formula is C24H26ClN3O5. The number of carbonyl (C=O) groups is 2. The third kappa shape index (κ3) is 6.12. The maximum atomic E-state index is 12.9. The van der Waals surface area contributed by atoms with E-state index in [0.29, 0.717) is 34.0 Å². The topological polar surface area (TPSA) is 113 Å². The smallest absolute Gasteiger partial charge is 0.337 e. The predicted octanol–water partition coefficient (Wildman–Crippen LogP) is 2.78. The summed E-state index contributed by atoms with van der Waals surface area (Å²) in [4.78, 5) is 37.2. The van der Waals surface area contributed by atoms with E-state index in [1.165, 1.54) is 10.7 Å². The lowest BCUT2D eigenvalue weighted by molar-refractivity contribution is -0.155. The van der Waals surface area contributed by atoms with Gasteiger partial charge in [0.1, 0.15) is 0 Å². The third-order valence-corrected chi connectivity index (χ3v) is 5.39. The summed E-state index contributed by atoms with van der Waals surface area (Å²) >= 11 is 6.24. The Morgan fingerprint density at radius 1 is 1.18 bits per heavy atom. The number of H-pyrrole nitrogens is 1. The largest absolute Gasteiger partial charge is 0.464 e. The maximum Gasteiger partial charge on any atom is 0.337 e. The Bertz CT molecular complexity index is 1170. The standard InChI is InChI=1S/C24H26ClN3O5/c1-3-12-33-24(32)22(30)20(14-17-6-4-5-7-19(17)25)26-23(31)16-8-10-18(11-9-16)28-21(29)13-15(2)27-28/h4-11,13,20,22,27,30H,3,12,14H2,1-2H3,(H,26,31)/t20-,22-/m1/s1. The number of aryl methyl sites for hydroxylation is 1. The van der Waals surface area contributed by atoms with Crippen LogP contribution in [0.1, 0.15) is 35.0 Å². The lowest BCUT2D eigenvalue weighted by Gasteiger charge is -2.23. The Kier molecular flexibility index (Phi) is 8.08. The zero-order valence-corrected chi connectivity index (χ0v) is 19.1. The molecule has 1 heterocycles. The Balaban J connectivity index is 1.79. The zero-order valence-electron chi connectivity index (χ0n) is 18.4. The lowest BCUT2D eigenvalue weighted by Crippen LogP contribution is -2.49. The molecule has 33 heavy (non-hydrogen) atoms. The van der Waals surface area contributed by atoms with Gasteiger partial charge in [0.2, 0.25) is 0 Å². The number of esters is 1. The molecule has 0 aliphatic heterocycles. The van der Waals surface area contributed by atoms with Gasteiger partial charge in [0.15, 0.2) is 6.10 Å². The fourth-order valence-corrected chi connectivity index (χ4v) is 3.53. The van der Waals surface area contributed by atoms with Gasteiger partial charge in [0, 0.05) is 22.3 Å². The van der Waals surface area contributed by atoms with Crippen LogP contribution in [0.25, 0.3) is 5.69 Å². The molecule has 174 valence electrons. The molecule has 0 radical (unpaired) electrons. The molecule has 3 N–H and O–H groups in total. The Morgan fingerprint density at radius 2 is 1.88 bits per heavy atom. The molecule has 2 atom stereocenters. The molecule has 1 aromatic heterocycles. The minimum absolute atomic E-state index is 0.128. The Hall–Kier alpha value is -3.36. The lowest BCUT2D eigenvalue weighted by atomic mass is 10.0. The van der Waals surface area contributed by atoms with Crippen molar-refractivity contribution in [3.05, 3.63) is 86.8 Å². The highest BCUT2D eigenvalue weighted by atomic mass is 35.5. The molecule has 8 nitrogen and oxygen atoms in total. The highest BCUT2D eigenvalue weighted by Gasteiger charge is 2.30. The van der Waals surface area contributed by atoms with E-state index < -0.39 is 24.0 Å². The Morgan fingerprint density at radius 3 is 2.48 bits per heavy atom. The SMILES string of the molecule is CCCOC(=O)[C@H](O)[C@@H](Cc1ccccc1Cl)NC(=O)c1ccc(-n2[nH]c(C)cc2=O)cc1. The van der Waals surface area contributed by atoms with E-state index in [1.54, 1.807) is 55.5 Å². The molecule has 0 aliphatic carbocycles. The number of aromatic nitrogens is 2. The van der Waals surface area contributed by atoms with Crippen molar-refractivity contribution in [2.75, 3.05) is 6.61 Å². The second-order valence-electron chi connectivity index (χ2n) is 7.65. The van der Waals surface area contributed by atoms with Gasteiger partial charge in [-0.05, 0) is 55.7 Å². The summed E-state index contributed by atoms with van der Waals surface area (Å²) in [6.07, 6.45) is -0.838. The number of hydrogen-bond donors (Lipinski definition) is 3. The number of aromatic amines is 1. The van der Waals surface area contributed by atoms with Gasteiger partial charge < -0.3 is 15.2 Å². The van der Waals surface area contributed by atoms with Crippen LogP contribution in [-0.4, -0.2) is 45.5 Å². The minimum atomic E-state index is -1.57. The van der Waals surface area contributed by atoms with E-state index in [4.69, 9.17) is 16.3 Å². The molecule has 0 spiro atoms. The van der Waals surface area contributed by atoms with Crippen LogP contribution in [-0.2, 0) is 16.0 Å². The van der Waals surface area contributed by atoms with Crippen LogP contribution >= 0.6 is 11.6 Å². The molecule has 2 aromatic carbocycles. The average molecular weight is 472 g/mol. The molecule has 0 fully saturated rings. The van der Waals surface area contributed by atoms with Crippen LogP contribution in [0, 0.1) is 6.92 Å². The molecule has 1 amide bonds. The van der Waals surface area contributed by atoms with Crippen molar-refractivity contribution in [2.45, 2.75) is 38.8 Å². The highest BCUT2D eigenvalue weighted by Crippen LogP contribution is 2.19. The first kappa shape index (κ1) is 24.3. The van der Waals surface area contributed by atoms with Gasteiger partial charge in [-0.1, -0.05) is 36.7 Å². The fourth-order valence-electron chi connectivity index (χ4n) is 3.31. The van der Waals surface area contributed by atoms with Gasteiger partial charge in [0.05, 0.1) is 18.3 Å². The van der Waals surface area contributed by atoms with Crippen molar-refractivity contribution in [1.82, 2.24) is 15.1 Å². The summed E-state index contributed by atoms with van der Waals surface area (Å²) in [7, 11) is 0. The number of amides is 1. The number of carbonyl (C=O) groups excluding carboxylic acids is 2. The number of aliphatic hydroxyl groups excluding tert-OH is 1. The van der Waals surface area contributed by atoms with Crippen LogP contribution in [0.15, 0.2) is 59.4 Å². The van der Waals surface area contributed by atoms with Crippen molar-refractivity contribution in [3.8, 4) is 5.69 Å². The molecule has 9 heteroatoms. The van der Waals surface area contributed by atoms with Crippen molar-refractivity contribution in [3.63, 3.8) is 0 Å². The summed E-state index contributed by atoms with van der Waals surface area (Å²) in [5.74, 6) is -1.30. The predicted molar refractivity (Wildman–Crippen MR) is 125 cm³/mol. The summed E-state index contributed by atoms with van der Waals surface area (Å²) in [6, 6.07) is 13.9. The van der Waals surface area contributed by atoms with Crippen molar-refractivity contribution in [2.24, 2.45) is 0 Å². The van der Waals surface area contributed by atoms with Crippen molar-refractivity contribution < 1.29 is 19.4 Å². The van der Waals surface area contributed by atoms with E-state index >= 15 is 0 Å². The Labute approximate surface area is 196 Å². The molecule has 0 saturated heterocycles. The van der Waals surface area contributed by atoms with E-state index in [1.807, 2.05) is 6.92 Å². The molecule has 0 unspecified atom stereocenters. The van der Waals surface area contributed by atoms with Crippen molar-refractivity contribution in [1.29, 1.82) is 0 Å². The summed E-state index contributed by atoms with van der Waals surface area (Å²) in [6.45, 7) is 3.78. The van der Waals surface area contributed by atoms with Gasteiger partial charge in [0.25, 0.3) is 11.5 Å². The van der Waals surface area contributed by atoms with E-state index in [-0.39, 0.29) is 18.6 Å². The monoisotopic (exact) mass is 471 g/mol. The van der Waals surface area contributed by atoms with E-state index in [9.17, 15) is 19.5 Å². The van der Waals surface area contributed by atoms with Gasteiger partial charge >= 0.3 is 5.97 Å². The molecule has 3 aromatic rings. The summed E-state index contributed by atoms with van der Waals surface area (Å²) in [5.41, 5.74) is 2.05. The zero-order chi connectivity index (χ0) is 24.0. The summed E-state index contributed by atoms with van der Waals surface area (Å²) < 4.78 is 6.42. The van der Waals surface area contributed by atoms with Crippen LogP contribution in [0.4, 0.5) is 0 Å². The van der Waals surface area contributed by atoms with Gasteiger partial charge in [-0.2, -0.15) is 0 Å². The minimum Gasteiger partial charge on any atom is -0.464 e. The van der Waals surface area contributed by atoms with Gasteiger partial charge in [-0.3, -0.25) is 14.7 Å². The molecule has 0 saturated carbocycles. The highest BCUT2D eigenvalue weighted by molar-refractivity contribution is 6.31. The van der Waals surface area contributed by atoms with E-state index in [0.717, 1.165) is 0 Å². The van der Waals surface area contributed by atoms with Crippen LogP contribution in [0.2, 0.25) is 5.02 Å². The molecular weight excluding hydrogens is 446 g/mol. The first-order valence-electron chi connectivity index (χ1n) is 10.6. The number of rotatable bonds is 9. The second kappa shape index (κ2) is 11.0. The van der Waals surface area contributed by atoms with Gasteiger partial charge in [-0.25, -0.2) is 9.48 Å². The number of nitrogens with zero attached hydrogens (tertiary/aromatic N) is 1. The number of aliphatic hydroxyl groups is 1. The maximum absolute atomic E-state index is 12.9.